The Morgan fingerprint density at radius 3 is 1.14 bits per heavy atom. The van der Waals surface area contributed by atoms with E-state index in [4.69, 9.17) is 17.5 Å². The topological polar surface area (TPSA) is 74.6 Å². The van der Waals surface area contributed by atoms with Crippen molar-refractivity contribution in [2.75, 3.05) is 0 Å². The van der Waals surface area contributed by atoms with E-state index >= 15 is 0 Å². The van der Waals surface area contributed by atoms with Gasteiger partial charge in [-0.25, -0.2) is 0 Å². The van der Waals surface area contributed by atoms with E-state index in [0.29, 0.717) is 0 Å². The first-order valence-corrected chi connectivity index (χ1v) is 2.10. The van der Waals surface area contributed by atoms with Gasteiger partial charge in [-0.3, -0.25) is 9.11 Å². The summed E-state index contributed by atoms with van der Waals surface area (Å²) in [5.74, 6) is 0. The van der Waals surface area contributed by atoms with Crippen molar-refractivity contribution in [3.8, 4) is 0 Å². The third kappa shape index (κ3) is 77.5. The van der Waals surface area contributed by atoms with Crippen molar-refractivity contribution in [2.24, 2.45) is 0 Å². The van der Waals surface area contributed by atoms with Gasteiger partial charge in [0.2, 0.25) is 0 Å². The van der Waals surface area contributed by atoms with Crippen molar-refractivity contribution in [3.05, 3.63) is 0 Å². The second-order valence-corrected chi connectivity index (χ2v) is 1.34. The quantitative estimate of drug-likeness (QED) is 0.319. The van der Waals surface area contributed by atoms with Gasteiger partial charge in [-0.2, -0.15) is 18.3 Å². The molecule has 0 spiro atoms. The standard InChI is InChI=1S/Ba.H2O4S.H3P.2H/c;1-5(2,3)4;;;/h;(H2,1,2,3,4);1H3;;. The summed E-state index contributed by atoms with van der Waals surface area (Å²) in [7, 11) is -4.67. The molecule has 0 rings (SSSR count). The van der Waals surface area contributed by atoms with E-state index < -0.39 is 10.4 Å². The van der Waals surface area contributed by atoms with E-state index in [9.17, 15) is 0 Å². The molecule has 0 aliphatic carbocycles. The van der Waals surface area contributed by atoms with Gasteiger partial charge in [-0.15, -0.1) is 0 Å². The maximum absolute atomic E-state index is 8.74. The van der Waals surface area contributed by atoms with E-state index in [1.807, 2.05) is 0 Å². The zero-order valence-corrected chi connectivity index (χ0v) is 5.06. The summed E-state index contributed by atoms with van der Waals surface area (Å²) >= 11 is 0. The minimum atomic E-state index is -4.67. The Morgan fingerprint density at radius 1 is 1.14 bits per heavy atom. The number of rotatable bonds is 0. The Hall–Kier alpha value is 1.87. The molecule has 0 aromatic carbocycles. The minimum absolute atomic E-state index is 0. The van der Waals surface area contributed by atoms with Crippen LogP contribution in [0.25, 0.3) is 0 Å². The molecule has 7 heteroatoms. The van der Waals surface area contributed by atoms with Crippen LogP contribution in [-0.4, -0.2) is 66.4 Å². The summed E-state index contributed by atoms with van der Waals surface area (Å²) in [6, 6.07) is 0. The fourth-order valence-electron chi connectivity index (χ4n) is 0. The Morgan fingerprint density at radius 2 is 1.14 bits per heavy atom. The predicted octanol–water partition coefficient (Wildman–Crippen LogP) is -1.51. The molecule has 0 amide bonds. The molecule has 0 aliphatic rings. The monoisotopic (exact) mass is 272 g/mol. The molecule has 0 saturated carbocycles. The summed E-state index contributed by atoms with van der Waals surface area (Å²) in [5, 5.41) is 0. The Labute approximate surface area is 85.3 Å². The zero-order valence-electron chi connectivity index (χ0n) is 2.83. The Bertz CT molecular complexity index is 94.9. The maximum atomic E-state index is 8.74. The third-order valence-corrected chi connectivity index (χ3v) is 0. The van der Waals surface area contributed by atoms with Crippen LogP contribution in [0.4, 0.5) is 0 Å². The molecule has 0 aromatic rings. The van der Waals surface area contributed by atoms with E-state index in [1.54, 1.807) is 0 Å². The zero-order chi connectivity index (χ0) is 4.50. The molecule has 0 heterocycles. The van der Waals surface area contributed by atoms with Gasteiger partial charge in [-0.1, -0.05) is 0 Å². The van der Waals surface area contributed by atoms with Crippen molar-refractivity contribution in [2.45, 2.75) is 0 Å². The van der Waals surface area contributed by atoms with Crippen LogP contribution in [0.1, 0.15) is 0 Å². The van der Waals surface area contributed by atoms with E-state index in [1.165, 1.54) is 0 Å². The summed E-state index contributed by atoms with van der Waals surface area (Å²) in [6.45, 7) is 0. The number of hydrogen-bond donors (Lipinski definition) is 2. The van der Waals surface area contributed by atoms with Gasteiger partial charge in [0.25, 0.3) is 0 Å². The average molecular weight is 271 g/mol. The molecule has 0 saturated heterocycles. The Balaban J connectivity index is -0.0000000800. The second kappa shape index (κ2) is 6.00. The molecule has 4 nitrogen and oxygen atoms in total. The van der Waals surface area contributed by atoms with Crippen LogP contribution in [-0.2, 0) is 10.4 Å². The first-order chi connectivity index (χ1) is 2.00. The van der Waals surface area contributed by atoms with Crippen LogP contribution < -0.4 is 0 Å². The van der Waals surface area contributed by atoms with Crippen LogP contribution in [0, 0.1) is 0 Å². The fraction of sp³-hybridized carbons (Fsp3) is 0. The van der Waals surface area contributed by atoms with Crippen molar-refractivity contribution in [1.82, 2.24) is 0 Å². The summed E-state index contributed by atoms with van der Waals surface area (Å²) < 4.78 is 31.6. The SMILES string of the molecule is O=S(=O)(O)O.P.[BaH2]. The molecule has 0 bridgehead atoms. The van der Waals surface area contributed by atoms with Crippen LogP contribution in [0.5, 0.6) is 0 Å². The molecule has 0 fully saturated rings. The van der Waals surface area contributed by atoms with Gasteiger partial charge >= 0.3 is 59.3 Å². The van der Waals surface area contributed by atoms with Crippen LogP contribution in [0.15, 0.2) is 0 Å². The normalized spacial score (nSPS) is 8.29. The van der Waals surface area contributed by atoms with Crippen LogP contribution in [0.2, 0.25) is 0 Å². The van der Waals surface area contributed by atoms with Crippen LogP contribution >= 0.6 is 9.90 Å². The first kappa shape index (κ1) is 15.9. The van der Waals surface area contributed by atoms with Gasteiger partial charge in [-0.05, 0) is 0 Å². The molecule has 7 heavy (non-hydrogen) atoms. The molecule has 0 aliphatic heterocycles. The van der Waals surface area contributed by atoms with Crippen molar-refractivity contribution >= 4 is 69.2 Å². The second-order valence-electron chi connectivity index (χ2n) is 0.448. The van der Waals surface area contributed by atoms with Crippen LogP contribution in [0.3, 0.4) is 0 Å². The van der Waals surface area contributed by atoms with Gasteiger partial charge in [0.05, 0.1) is 0 Å². The summed E-state index contributed by atoms with van der Waals surface area (Å²) in [6.07, 6.45) is 0. The van der Waals surface area contributed by atoms with E-state index in [2.05, 4.69) is 0 Å². The Kier molecular flexibility index (Phi) is 13.7. The molecular formula is H7BaO4PS. The van der Waals surface area contributed by atoms with Crippen molar-refractivity contribution in [3.63, 3.8) is 0 Å². The molecule has 1 unspecified atom stereocenters. The van der Waals surface area contributed by atoms with Crippen molar-refractivity contribution < 1.29 is 17.5 Å². The van der Waals surface area contributed by atoms with E-state index in [-0.39, 0.29) is 58.8 Å². The van der Waals surface area contributed by atoms with Gasteiger partial charge in [0.1, 0.15) is 0 Å². The molecular weight excluding hydrogens is 264 g/mol. The predicted molar refractivity (Wildman–Crippen MR) is 33.8 cm³/mol. The average Bonchev–Trinajstić information content (AvgIpc) is 0.722. The van der Waals surface area contributed by atoms with Gasteiger partial charge in [0.15, 0.2) is 0 Å². The molecule has 44 valence electrons. The van der Waals surface area contributed by atoms with E-state index in [0.717, 1.165) is 0 Å². The molecule has 1 atom stereocenters. The van der Waals surface area contributed by atoms with Gasteiger partial charge < -0.3 is 0 Å². The van der Waals surface area contributed by atoms with Gasteiger partial charge in [0, 0.05) is 0 Å². The molecule has 0 radical (unpaired) electrons. The molecule has 2 N–H and O–H groups in total. The summed E-state index contributed by atoms with van der Waals surface area (Å²) in [5.41, 5.74) is 0. The summed E-state index contributed by atoms with van der Waals surface area (Å²) in [4.78, 5) is 0. The first-order valence-electron chi connectivity index (χ1n) is 0.698. The fourth-order valence-corrected chi connectivity index (χ4v) is 0. The third-order valence-electron chi connectivity index (χ3n) is 0. The van der Waals surface area contributed by atoms with Crippen molar-refractivity contribution in [1.29, 1.82) is 0 Å². The molecule has 0 aromatic heterocycles. The number of hydrogen-bond acceptors (Lipinski definition) is 2.